The van der Waals surface area contributed by atoms with Crippen LogP contribution in [0, 0.1) is 58.2 Å². The highest BCUT2D eigenvalue weighted by molar-refractivity contribution is 6.88. The average molecular weight is 718 g/mol. The molecular formula is C32H22BF15O. The minimum atomic E-state index is -4.62. The third kappa shape index (κ3) is 5.38. The van der Waals surface area contributed by atoms with Crippen LogP contribution in [0.4, 0.5) is 65.9 Å². The lowest BCUT2D eigenvalue weighted by atomic mass is 9.23. The van der Waals surface area contributed by atoms with E-state index in [4.69, 9.17) is 0 Å². The van der Waals surface area contributed by atoms with Gasteiger partial charge in [0.05, 0.1) is 5.31 Å². The molecule has 1 aliphatic carbocycles. The molecule has 1 aliphatic rings. The minimum absolute atomic E-state index is 0.432. The Kier molecular flexibility index (Phi) is 9.31. The molecule has 264 valence electrons. The number of allylic oxidation sites excluding steroid dienone is 4. The molecule has 0 aromatic heterocycles. The van der Waals surface area contributed by atoms with Gasteiger partial charge < -0.3 is 5.11 Å². The zero-order valence-electron chi connectivity index (χ0n) is 25.9. The van der Waals surface area contributed by atoms with Gasteiger partial charge in [-0.3, -0.25) is 0 Å². The molecule has 49 heavy (non-hydrogen) atoms. The van der Waals surface area contributed by atoms with E-state index in [2.05, 4.69) is 0 Å². The summed E-state index contributed by atoms with van der Waals surface area (Å²) in [6, 6.07) is 0.928. The van der Waals surface area contributed by atoms with Gasteiger partial charge in [0.2, 0.25) is 6.71 Å². The van der Waals surface area contributed by atoms with E-state index in [1.165, 1.54) is 41.5 Å². The van der Waals surface area contributed by atoms with Gasteiger partial charge in [0, 0.05) is 10.9 Å². The van der Waals surface area contributed by atoms with Crippen LogP contribution in [0.2, 0.25) is 0 Å². The van der Waals surface area contributed by atoms with Crippen molar-refractivity contribution in [2.45, 2.75) is 63.9 Å². The molecule has 0 spiro atoms. The van der Waals surface area contributed by atoms with Crippen molar-refractivity contribution in [2.75, 3.05) is 0 Å². The Bertz CT molecular complexity index is 1810. The second-order valence-corrected chi connectivity index (χ2v) is 13.3. The van der Waals surface area contributed by atoms with Gasteiger partial charge in [0.1, 0.15) is 11.6 Å². The van der Waals surface area contributed by atoms with Crippen LogP contribution < -0.4 is 10.9 Å². The van der Waals surface area contributed by atoms with Crippen LogP contribution in [0.3, 0.4) is 0 Å². The third-order valence-corrected chi connectivity index (χ3v) is 8.30. The summed E-state index contributed by atoms with van der Waals surface area (Å²) < 4.78 is 229. The molecule has 3 aromatic rings. The highest BCUT2D eigenvalue weighted by atomic mass is 19.2. The van der Waals surface area contributed by atoms with Gasteiger partial charge in [-0.2, -0.15) is 0 Å². The van der Waals surface area contributed by atoms with Crippen molar-refractivity contribution in [1.29, 1.82) is 0 Å². The van der Waals surface area contributed by atoms with E-state index in [1.807, 2.05) is 0 Å². The summed E-state index contributed by atoms with van der Waals surface area (Å²) >= 11 is 0. The van der Waals surface area contributed by atoms with Gasteiger partial charge in [-0.15, -0.1) is 0 Å². The summed E-state index contributed by atoms with van der Waals surface area (Å²) in [6.07, 6.45) is -4.30. The zero-order valence-corrected chi connectivity index (χ0v) is 25.9. The first kappa shape index (κ1) is 37.8. The number of rotatable bonds is 4. The molecule has 0 amide bonds. The average Bonchev–Trinajstić information content (AvgIpc) is 3.02. The number of phenols is 1. The highest BCUT2D eigenvalue weighted by Crippen LogP contribution is 2.53. The summed E-state index contributed by atoms with van der Waals surface area (Å²) in [4.78, 5) is 0. The van der Waals surface area contributed by atoms with Gasteiger partial charge >= 0.3 is 0 Å². The molecule has 0 bridgehead atoms. The first-order valence-corrected chi connectivity index (χ1v) is 13.9. The predicted molar refractivity (Wildman–Crippen MR) is 148 cm³/mol. The van der Waals surface area contributed by atoms with Crippen LogP contribution in [-0.4, -0.2) is 18.0 Å². The number of phenolic OH excluding ortho intramolecular Hbond substituents is 1. The monoisotopic (exact) mass is 718 g/mol. The molecule has 4 rings (SSSR count). The van der Waals surface area contributed by atoms with Crippen LogP contribution in [0.1, 0.15) is 58.2 Å². The maximum Gasteiger partial charge on any atom is 0.247 e. The van der Waals surface area contributed by atoms with Crippen LogP contribution in [-0.2, 0) is 16.1 Å². The summed E-state index contributed by atoms with van der Waals surface area (Å²) in [5.74, 6) is -43.3. The normalized spacial score (nSPS) is 18.9. The molecular weight excluding hydrogens is 696 g/mol. The summed E-state index contributed by atoms with van der Waals surface area (Å²) in [7, 11) is 0. The van der Waals surface area contributed by atoms with Crippen LogP contribution in [0.5, 0.6) is 5.75 Å². The number of halogens is 15. The number of hydrogen-bond donors (Lipinski definition) is 1. The summed E-state index contributed by atoms with van der Waals surface area (Å²) in [6.45, 7) is 3.84. The number of benzene rings is 3. The molecule has 17 heteroatoms. The van der Waals surface area contributed by atoms with Crippen molar-refractivity contribution in [1.82, 2.24) is 0 Å². The Morgan fingerprint density at radius 2 is 0.837 bits per heavy atom. The van der Waals surface area contributed by atoms with E-state index in [0.717, 1.165) is 0 Å². The number of alkyl halides is 1. The van der Waals surface area contributed by atoms with E-state index < -0.39 is 144 Å². The molecule has 0 saturated heterocycles. The fourth-order valence-corrected chi connectivity index (χ4v) is 5.89. The summed E-state index contributed by atoms with van der Waals surface area (Å²) in [5.41, 5.74) is -10.5. The molecule has 2 atom stereocenters. The number of hydrogen-bond acceptors (Lipinski definition) is 1. The molecule has 0 radical (unpaired) electrons. The van der Waals surface area contributed by atoms with Crippen molar-refractivity contribution in [3.63, 3.8) is 0 Å². The van der Waals surface area contributed by atoms with Gasteiger partial charge in [0.15, 0.2) is 81.8 Å². The Morgan fingerprint density at radius 3 is 1.14 bits per heavy atom. The van der Waals surface area contributed by atoms with E-state index >= 15 is 35.1 Å². The van der Waals surface area contributed by atoms with Gasteiger partial charge in [0.25, 0.3) is 0 Å². The molecule has 0 saturated carbocycles. The Hall–Kier alpha value is -4.05. The maximum atomic E-state index is 16.7. The van der Waals surface area contributed by atoms with Gasteiger partial charge in [-0.1, -0.05) is 53.7 Å². The van der Waals surface area contributed by atoms with Gasteiger partial charge in [-0.25, -0.2) is 65.9 Å². The molecule has 0 heterocycles. The van der Waals surface area contributed by atoms with Crippen LogP contribution in [0.25, 0.3) is 0 Å². The smallest absolute Gasteiger partial charge is 0.247 e. The predicted octanol–water partition coefficient (Wildman–Crippen LogP) is 9.12. The SMILES string of the molecule is CC(C)(C)c1cc(C2(B(c3c(F)c(F)c(F)c(F)c3F)c3c(F)c(F)c(F)c(F)c3F)C(F)=C(F)C(F)=C(F)C2F)cc(C(C)(C)C)c1O. The topological polar surface area (TPSA) is 20.2 Å². The van der Waals surface area contributed by atoms with E-state index in [0.29, 0.717) is 12.1 Å². The maximum absolute atomic E-state index is 16.7. The quantitative estimate of drug-likeness (QED) is 0.124. The molecule has 0 aliphatic heterocycles. The Morgan fingerprint density at radius 1 is 0.531 bits per heavy atom. The lowest BCUT2D eigenvalue weighted by molar-refractivity contribution is 0.219. The van der Waals surface area contributed by atoms with Gasteiger partial charge in [-0.05, 0) is 27.5 Å². The Balaban J connectivity index is 2.51. The van der Waals surface area contributed by atoms with Crippen LogP contribution >= 0.6 is 0 Å². The molecule has 3 aromatic carbocycles. The fraction of sp³-hybridized carbons (Fsp3) is 0.312. The minimum Gasteiger partial charge on any atom is -0.507 e. The first-order chi connectivity index (χ1) is 22.3. The Labute approximate surface area is 268 Å². The number of aromatic hydroxyl groups is 1. The standard InChI is InChI=1S/C32H22BF15O/c1-30(2,3)10-7-9(8-11(27(10)49)31(4,5)6)32(28(47)25(45)24(44)26(46)29(32)48)33(12-14(34)18(38)22(42)19(39)15(12)35)13-16(36)20(40)23(43)21(41)17(13)37/h7-8,28,49H,1-6H3. The van der Waals surface area contributed by atoms with Crippen molar-refractivity contribution in [2.24, 2.45) is 0 Å². The third-order valence-electron chi connectivity index (χ3n) is 8.30. The van der Waals surface area contributed by atoms with Crippen molar-refractivity contribution < 1.29 is 71.0 Å². The van der Waals surface area contributed by atoms with E-state index in [9.17, 15) is 35.8 Å². The van der Waals surface area contributed by atoms with Crippen molar-refractivity contribution in [3.8, 4) is 5.75 Å². The zero-order chi connectivity index (χ0) is 37.6. The van der Waals surface area contributed by atoms with Crippen molar-refractivity contribution >= 4 is 17.6 Å². The van der Waals surface area contributed by atoms with Crippen LogP contribution in [0.15, 0.2) is 35.4 Å². The van der Waals surface area contributed by atoms with E-state index in [-0.39, 0.29) is 0 Å². The second kappa shape index (κ2) is 12.1. The molecule has 0 fully saturated rings. The largest absolute Gasteiger partial charge is 0.507 e. The second-order valence-electron chi connectivity index (χ2n) is 13.3. The highest BCUT2D eigenvalue weighted by Gasteiger charge is 2.64. The molecule has 2 unspecified atom stereocenters. The lowest BCUT2D eigenvalue weighted by Gasteiger charge is -2.44. The first-order valence-electron chi connectivity index (χ1n) is 13.9. The van der Waals surface area contributed by atoms with E-state index in [1.54, 1.807) is 0 Å². The molecule has 1 nitrogen and oxygen atoms in total. The fourth-order valence-electron chi connectivity index (χ4n) is 5.89. The molecule has 1 N–H and O–H groups in total. The van der Waals surface area contributed by atoms with Crippen molar-refractivity contribution in [3.05, 3.63) is 110 Å². The lowest BCUT2D eigenvalue weighted by Crippen LogP contribution is -2.67. The summed E-state index contributed by atoms with van der Waals surface area (Å²) in [5, 5.41) is 6.54.